The first kappa shape index (κ1) is 20.3. The molecule has 6 nitrogen and oxygen atoms in total. The van der Waals surface area contributed by atoms with Crippen molar-refractivity contribution in [3.8, 4) is 11.5 Å². The summed E-state index contributed by atoms with van der Waals surface area (Å²) < 4.78 is 11.1. The molecule has 1 N–H and O–H groups in total. The standard InChI is InChI=1S/C24H28N2O4/c1-16-24(28)26(14-17-7-10-21(29-2)11-8-17)15-19-13-20(9-12-22(19)30-16)25-23(27)18-5-3-4-6-18/h7-13,16,18H,3-6,14-15H2,1-2H3,(H,25,27). The number of amides is 2. The first-order chi connectivity index (χ1) is 14.5. The third-order valence-electron chi connectivity index (χ3n) is 5.91. The number of carbonyl (C=O) groups is 2. The molecule has 1 aliphatic heterocycles. The topological polar surface area (TPSA) is 67.9 Å². The Morgan fingerprint density at radius 1 is 1.17 bits per heavy atom. The summed E-state index contributed by atoms with van der Waals surface area (Å²) in [5.74, 6) is 1.60. The smallest absolute Gasteiger partial charge is 0.263 e. The van der Waals surface area contributed by atoms with Crippen LogP contribution >= 0.6 is 0 Å². The van der Waals surface area contributed by atoms with Crippen molar-refractivity contribution in [1.82, 2.24) is 4.90 Å². The molecule has 0 radical (unpaired) electrons. The van der Waals surface area contributed by atoms with E-state index in [0.29, 0.717) is 18.8 Å². The summed E-state index contributed by atoms with van der Waals surface area (Å²) >= 11 is 0. The van der Waals surface area contributed by atoms with Crippen LogP contribution in [-0.2, 0) is 22.7 Å². The molecule has 2 amide bonds. The van der Waals surface area contributed by atoms with E-state index in [1.807, 2.05) is 42.5 Å². The zero-order valence-electron chi connectivity index (χ0n) is 17.5. The summed E-state index contributed by atoms with van der Waals surface area (Å²) in [7, 11) is 1.63. The van der Waals surface area contributed by atoms with E-state index in [0.717, 1.165) is 48.2 Å². The molecule has 6 heteroatoms. The maximum Gasteiger partial charge on any atom is 0.263 e. The lowest BCUT2D eigenvalue weighted by molar-refractivity contribution is -0.138. The third-order valence-corrected chi connectivity index (χ3v) is 5.91. The second kappa shape index (κ2) is 8.78. The molecule has 0 bridgehead atoms. The molecule has 30 heavy (non-hydrogen) atoms. The number of hydrogen-bond acceptors (Lipinski definition) is 4. The molecule has 0 saturated heterocycles. The van der Waals surface area contributed by atoms with Crippen LogP contribution in [0.5, 0.6) is 11.5 Å². The van der Waals surface area contributed by atoms with E-state index in [-0.39, 0.29) is 17.7 Å². The highest BCUT2D eigenvalue weighted by Gasteiger charge is 2.28. The lowest BCUT2D eigenvalue weighted by Crippen LogP contribution is -2.37. The van der Waals surface area contributed by atoms with Crippen molar-refractivity contribution in [3.05, 3.63) is 53.6 Å². The van der Waals surface area contributed by atoms with Crippen LogP contribution in [0.15, 0.2) is 42.5 Å². The first-order valence-corrected chi connectivity index (χ1v) is 10.6. The highest BCUT2D eigenvalue weighted by atomic mass is 16.5. The van der Waals surface area contributed by atoms with E-state index >= 15 is 0 Å². The van der Waals surface area contributed by atoms with Crippen molar-refractivity contribution in [2.45, 2.75) is 51.8 Å². The van der Waals surface area contributed by atoms with Gasteiger partial charge in [-0.05, 0) is 55.7 Å². The number of carbonyl (C=O) groups excluding carboxylic acids is 2. The summed E-state index contributed by atoms with van der Waals surface area (Å²) in [5.41, 5.74) is 2.66. The molecular weight excluding hydrogens is 380 g/mol. The third kappa shape index (κ3) is 4.42. The Morgan fingerprint density at radius 2 is 1.90 bits per heavy atom. The monoisotopic (exact) mass is 408 g/mol. The average molecular weight is 408 g/mol. The predicted molar refractivity (Wildman–Crippen MR) is 114 cm³/mol. The van der Waals surface area contributed by atoms with E-state index in [4.69, 9.17) is 9.47 Å². The summed E-state index contributed by atoms with van der Waals surface area (Å²) in [6.45, 7) is 2.68. The van der Waals surface area contributed by atoms with Crippen LogP contribution in [0.4, 0.5) is 5.69 Å². The largest absolute Gasteiger partial charge is 0.497 e. The normalized spacial score (nSPS) is 19.1. The molecule has 158 valence electrons. The summed E-state index contributed by atoms with van der Waals surface area (Å²) in [4.78, 5) is 27.2. The minimum absolute atomic E-state index is 0.0569. The highest BCUT2D eigenvalue weighted by Crippen LogP contribution is 2.31. The Hall–Kier alpha value is -3.02. The Bertz CT molecular complexity index is 919. The van der Waals surface area contributed by atoms with Gasteiger partial charge >= 0.3 is 0 Å². The molecule has 1 unspecified atom stereocenters. The number of methoxy groups -OCH3 is 1. The van der Waals surface area contributed by atoms with Gasteiger partial charge in [-0.1, -0.05) is 25.0 Å². The molecule has 4 rings (SSSR count). The molecule has 0 aromatic heterocycles. The molecule has 2 aliphatic rings. The second-order valence-corrected chi connectivity index (χ2v) is 8.10. The van der Waals surface area contributed by atoms with Crippen LogP contribution < -0.4 is 14.8 Å². The number of anilines is 1. The number of nitrogens with one attached hydrogen (secondary N) is 1. The Balaban J connectivity index is 1.52. The van der Waals surface area contributed by atoms with Gasteiger partial charge in [0.05, 0.1) is 7.11 Å². The van der Waals surface area contributed by atoms with Crippen molar-refractivity contribution < 1.29 is 19.1 Å². The summed E-state index contributed by atoms with van der Waals surface area (Å²) in [6.07, 6.45) is 3.60. The maximum absolute atomic E-state index is 12.9. The Morgan fingerprint density at radius 3 is 2.60 bits per heavy atom. The predicted octanol–water partition coefficient (Wildman–Crippen LogP) is 4.13. The fourth-order valence-corrected chi connectivity index (χ4v) is 4.19. The van der Waals surface area contributed by atoms with E-state index in [2.05, 4.69) is 5.32 Å². The van der Waals surface area contributed by atoms with Gasteiger partial charge in [-0.2, -0.15) is 0 Å². The van der Waals surface area contributed by atoms with Gasteiger partial charge in [-0.15, -0.1) is 0 Å². The van der Waals surface area contributed by atoms with Crippen LogP contribution in [0.1, 0.15) is 43.7 Å². The van der Waals surface area contributed by atoms with E-state index in [9.17, 15) is 9.59 Å². The molecule has 1 saturated carbocycles. The zero-order chi connectivity index (χ0) is 21.1. The highest BCUT2D eigenvalue weighted by molar-refractivity contribution is 5.93. The Kier molecular flexibility index (Phi) is 5.93. The van der Waals surface area contributed by atoms with Gasteiger partial charge in [0.15, 0.2) is 6.10 Å². The SMILES string of the molecule is COc1ccc(CN2Cc3cc(NC(=O)C4CCCC4)ccc3OC(C)C2=O)cc1. The molecule has 0 spiro atoms. The molecule has 1 aliphatic carbocycles. The second-order valence-electron chi connectivity index (χ2n) is 8.10. The molecule has 2 aromatic rings. The fourth-order valence-electron chi connectivity index (χ4n) is 4.19. The van der Waals surface area contributed by atoms with Gasteiger partial charge in [0.2, 0.25) is 5.91 Å². The van der Waals surface area contributed by atoms with Gasteiger partial charge in [-0.3, -0.25) is 9.59 Å². The number of benzene rings is 2. The minimum atomic E-state index is -0.566. The minimum Gasteiger partial charge on any atom is -0.497 e. The van der Waals surface area contributed by atoms with Gasteiger partial charge in [-0.25, -0.2) is 0 Å². The van der Waals surface area contributed by atoms with E-state index in [1.165, 1.54) is 0 Å². The van der Waals surface area contributed by atoms with Crippen molar-refractivity contribution in [1.29, 1.82) is 0 Å². The number of rotatable bonds is 5. The Labute approximate surface area is 177 Å². The fraction of sp³-hybridized carbons (Fsp3) is 0.417. The lowest BCUT2D eigenvalue weighted by atomic mass is 10.1. The molecule has 2 aromatic carbocycles. The quantitative estimate of drug-likeness (QED) is 0.808. The molecular formula is C24H28N2O4. The molecule has 1 heterocycles. The van der Waals surface area contributed by atoms with Crippen molar-refractivity contribution >= 4 is 17.5 Å². The average Bonchev–Trinajstić information content (AvgIpc) is 3.26. The van der Waals surface area contributed by atoms with Crippen LogP contribution in [0.2, 0.25) is 0 Å². The number of hydrogen-bond donors (Lipinski definition) is 1. The number of fused-ring (bicyclic) bond motifs is 1. The van der Waals surface area contributed by atoms with Gasteiger partial charge < -0.3 is 19.7 Å². The van der Waals surface area contributed by atoms with Gasteiger partial charge in [0.25, 0.3) is 5.91 Å². The van der Waals surface area contributed by atoms with E-state index < -0.39 is 6.10 Å². The summed E-state index contributed by atoms with van der Waals surface area (Å²) in [5, 5.41) is 3.04. The van der Waals surface area contributed by atoms with Crippen molar-refractivity contribution in [3.63, 3.8) is 0 Å². The number of ether oxygens (including phenoxy) is 2. The molecule has 1 atom stereocenters. The lowest BCUT2D eigenvalue weighted by Gasteiger charge is -2.22. The van der Waals surface area contributed by atoms with E-state index in [1.54, 1.807) is 18.9 Å². The first-order valence-electron chi connectivity index (χ1n) is 10.6. The van der Waals surface area contributed by atoms with Crippen LogP contribution in [0.25, 0.3) is 0 Å². The molecule has 1 fully saturated rings. The summed E-state index contributed by atoms with van der Waals surface area (Å²) in [6, 6.07) is 13.3. The van der Waals surface area contributed by atoms with Gasteiger partial charge in [0.1, 0.15) is 11.5 Å². The van der Waals surface area contributed by atoms with Crippen LogP contribution in [0.3, 0.4) is 0 Å². The van der Waals surface area contributed by atoms with Crippen LogP contribution in [-0.4, -0.2) is 29.9 Å². The van der Waals surface area contributed by atoms with Crippen molar-refractivity contribution in [2.75, 3.05) is 12.4 Å². The maximum atomic E-state index is 12.9. The number of nitrogens with zero attached hydrogens (tertiary/aromatic N) is 1. The van der Waals surface area contributed by atoms with Crippen molar-refractivity contribution in [2.24, 2.45) is 5.92 Å². The van der Waals surface area contributed by atoms with Crippen LogP contribution in [0, 0.1) is 5.92 Å². The zero-order valence-corrected chi connectivity index (χ0v) is 17.5. The van der Waals surface area contributed by atoms with Gasteiger partial charge in [0, 0.05) is 30.3 Å².